The number of aryl methyl sites for hydroxylation is 2. The number of hydrogen-bond donors (Lipinski definition) is 5. The molecule has 2 aromatic carbocycles. The summed E-state index contributed by atoms with van der Waals surface area (Å²) in [6.45, 7) is 0. The number of hydrogen-bond acceptors (Lipinski definition) is 8. The van der Waals surface area contributed by atoms with Gasteiger partial charge in [0, 0.05) is 29.5 Å². The molecule has 0 unspecified atom stereocenters. The van der Waals surface area contributed by atoms with Crippen molar-refractivity contribution in [3.05, 3.63) is 94.9 Å². The first-order valence-electron chi connectivity index (χ1n) is 13.1. The average Bonchev–Trinajstić information content (AvgIpc) is 2.99. The Labute approximate surface area is 266 Å². The summed E-state index contributed by atoms with van der Waals surface area (Å²) >= 11 is 6.33. The van der Waals surface area contributed by atoms with Crippen LogP contribution in [0.25, 0.3) is 0 Å². The van der Waals surface area contributed by atoms with Gasteiger partial charge in [0.1, 0.15) is 5.02 Å². The quantitative estimate of drug-likeness (QED) is 0.149. The van der Waals surface area contributed by atoms with Crippen molar-refractivity contribution < 1.29 is 50.9 Å². The van der Waals surface area contributed by atoms with Gasteiger partial charge < -0.3 is 26.2 Å². The van der Waals surface area contributed by atoms with E-state index in [2.05, 4.69) is 43.0 Å². The van der Waals surface area contributed by atoms with E-state index in [1.54, 1.807) is 18.6 Å². The molecule has 5 N–H and O–H groups in total. The first-order chi connectivity index (χ1) is 22.0. The number of nitrogens with one attached hydrogen (secondary N) is 3. The van der Waals surface area contributed by atoms with Gasteiger partial charge in [-0.15, -0.1) is 0 Å². The molecule has 4 aromatic rings. The number of rotatable bonds is 3. The predicted octanol–water partition coefficient (Wildman–Crippen LogP) is 6.56. The van der Waals surface area contributed by atoms with E-state index in [4.69, 9.17) is 31.4 Å². The molecule has 0 spiro atoms. The maximum absolute atomic E-state index is 12.7. The van der Waals surface area contributed by atoms with E-state index < -0.39 is 24.3 Å². The second-order valence-electron chi connectivity index (χ2n) is 9.40. The van der Waals surface area contributed by atoms with Gasteiger partial charge in [0.25, 0.3) is 0 Å². The predicted molar refractivity (Wildman–Crippen MR) is 158 cm³/mol. The Morgan fingerprint density at radius 1 is 0.851 bits per heavy atom. The number of aliphatic carboxylic acids is 2. The highest BCUT2D eigenvalue weighted by Crippen LogP contribution is 2.29. The van der Waals surface area contributed by atoms with Gasteiger partial charge >= 0.3 is 24.3 Å². The number of halogens is 7. The summed E-state index contributed by atoms with van der Waals surface area (Å²) in [5.41, 5.74) is 5.56. The third-order valence-corrected chi connectivity index (χ3v) is 6.10. The lowest BCUT2D eigenvalue weighted by molar-refractivity contribution is -0.193. The van der Waals surface area contributed by atoms with Crippen LogP contribution in [-0.2, 0) is 33.6 Å². The van der Waals surface area contributed by atoms with E-state index in [9.17, 15) is 31.1 Å². The summed E-state index contributed by atoms with van der Waals surface area (Å²) in [6.07, 6.45) is -3.38. The summed E-state index contributed by atoms with van der Waals surface area (Å²) in [7, 11) is 0. The molecular formula is C29H23ClF6N6O5. The molecule has 0 saturated carbocycles. The number of alkyl halides is 6. The Hall–Kier alpha value is -5.45. The van der Waals surface area contributed by atoms with Crippen LogP contribution in [0.4, 0.5) is 55.2 Å². The molecule has 0 atom stereocenters. The zero-order valence-electron chi connectivity index (χ0n) is 23.7. The van der Waals surface area contributed by atoms with Gasteiger partial charge in [0.15, 0.2) is 5.82 Å². The topological polar surface area (TPSA) is 166 Å². The molecule has 18 heteroatoms. The molecule has 0 saturated heterocycles. The van der Waals surface area contributed by atoms with Crippen molar-refractivity contribution in [2.45, 2.75) is 31.6 Å². The molecule has 47 heavy (non-hydrogen) atoms. The summed E-state index contributed by atoms with van der Waals surface area (Å²) in [4.78, 5) is 43.4. The van der Waals surface area contributed by atoms with Gasteiger partial charge in [0.2, 0.25) is 11.9 Å². The minimum absolute atomic E-state index is 0.0856. The molecule has 2 aromatic heterocycles. The number of pyridine rings is 1. The maximum Gasteiger partial charge on any atom is 0.490 e. The van der Waals surface area contributed by atoms with Crippen molar-refractivity contribution in [2.24, 2.45) is 0 Å². The molecule has 248 valence electrons. The van der Waals surface area contributed by atoms with E-state index >= 15 is 0 Å². The van der Waals surface area contributed by atoms with Crippen LogP contribution in [0.3, 0.4) is 0 Å². The summed E-state index contributed by atoms with van der Waals surface area (Å²) in [5, 5.41) is 24.2. The molecular weight excluding hydrogens is 662 g/mol. The van der Waals surface area contributed by atoms with Crippen LogP contribution in [0.5, 0.6) is 0 Å². The highest BCUT2D eigenvalue weighted by atomic mass is 35.5. The zero-order valence-corrected chi connectivity index (χ0v) is 24.4. The van der Waals surface area contributed by atoms with E-state index in [0.29, 0.717) is 16.8 Å². The molecule has 11 nitrogen and oxygen atoms in total. The number of carboxylic acid groups (broad SMARTS) is 2. The fourth-order valence-corrected chi connectivity index (χ4v) is 3.89. The lowest BCUT2D eigenvalue weighted by Crippen LogP contribution is -2.21. The van der Waals surface area contributed by atoms with Gasteiger partial charge in [-0.05, 0) is 65.9 Å². The number of amides is 1. The highest BCUT2D eigenvalue weighted by Gasteiger charge is 2.38. The van der Waals surface area contributed by atoms with Crippen LogP contribution in [0.1, 0.15) is 16.7 Å². The summed E-state index contributed by atoms with van der Waals surface area (Å²) in [6, 6.07) is 17.7. The fourth-order valence-electron chi connectivity index (χ4n) is 3.75. The van der Waals surface area contributed by atoms with Gasteiger partial charge in [-0.25, -0.2) is 14.6 Å². The summed E-state index contributed by atoms with van der Waals surface area (Å²) < 4.78 is 63.5. The number of carboxylic acids is 2. The lowest BCUT2D eigenvalue weighted by Gasteiger charge is -2.15. The number of aromatic nitrogens is 3. The summed E-state index contributed by atoms with van der Waals surface area (Å²) in [5.74, 6) is -4.64. The lowest BCUT2D eigenvalue weighted by atomic mass is 10.0. The second kappa shape index (κ2) is 15.7. The smallest absolute Gasteiger partial charge is 0.475 e. The van der Waals surface area contributed by atoms with Crippen molar-refractivity contribution in [3.63, 3.8) is 0 Å². The molecule has 3 heterocycles. The van der Waals surface area contributed by atoms with E-state index in [1.807, 2.05) is 42.5 Å². The van der Waals surface area contributed by atoms with Crippen LogP contribution in [0.2, 0.25) is 5.02 Å². The number of anilines is 5. The Morgan fingerprint density at radius 2 is 1.51 bits per heavy atom. The molecule has 1 aliphatic rings. The van der Waals surface area contributed by atoms with Crippen LogP contribution < -0.4 is 16.0 Å². The van der Waals surface area contributed by atoms with Crippen LogP contribution in [-0.4, -0.2) is 55.4 Å². The van der Waals surface area contributed by atoms with Gasteiger partial charge in [-0.2, -0.15) is 31.3 Å². The maximum atomic E-state index is 12.7. The second-order valence-corrected chi connectivity index (χ2v) is 9.81. The van der Waals surface area contributed by atoms with E-state index in [0.717, 1.165) is 41.0 Å². The van der Waals surface area contributed by atoms with Crippen LogP contribution in [0.15, 0.2) is 73.2 Å². The number of fused-ring (bicyclic) bond motifs is 6. The van der Waals surface area contributed by atoms with E-state index in [1.165, 1.54) is 5.56 Å². The fraction of sp³-hybridized carbons (Fsp3) is 0.172. The zero-order chi connectivity index (χ0) is 34.8. The third kappa shape index (κ3) is 11.8. The number of benzene rings is 2. The largest absolute Gasteiger partial charge is 0.490 e. The Balaban J connectivity index is 0.000000360. The van der Waals surface area contributed by atoms with Gasteiger partial charge in [-0.3, -0.25) is 9.78 Å². The Morgan fingerprint density at radius 3 is 2.13 bits per heavy atom. The SMILES string of the molecule is O=C(Cc1cccnc1)Nc1ccc2cc1CCc1cccc(c1)Nc1ncc(Cl)c(n1)N2.O=C(O)C(F)(F)F.O=C(O)C(F)(F)F. The first kappa shape index (κ1) is 36.0. The number of nitrogens with zero attached hydrogens (tertiary/aromatic N) is 3. The molecule has 0 aliphatic carbocycles. The minimum Gasteiger partial charge on any atom is -0.475 e. The Bertz CT molecular complexity index is 1700. The average molecular weight is 685 g/mol. The van der Waals surface area contributed by atoms with Crippen molar-refractivity contribution in [3.8, 4) is 0 Å². The van der Waals surface area contributed by atoms with Crippen molar-refractivity contribution in [1.82, 2.24) is 15.0 Å². The molecule has 5 rings (SSSR count). The van der Waals surface area contributed by atoms with Crippen molar-refractivity contribution in [2.75, 3.05) is 16.0 Å². The normalized spacial score (nSPS) is 12.0. The Kier molecular flexibility index (Phi) is 12.0. The van der Waals surface area contributed by atoms with Gasteiger partial charge in [0.05, 0.1) is 12.6 Å². The molecule has 0 radical (unpaired) electrons. The standard InChI is InChI=1S/C25H21ClN6O.2C2HF3O2/c26-21-15-28-25-30-19-5-1-3-16(11-19)6-7-18-13-20(29-24(21)32-25)8-9-22(18)31-23(33)12-17-4-2-10-27-14-17;2*3-2(4,5)1(6)7/h1-5,8-11,13-15H,6-7,12H2,(H,31,33)(H2,28,29,30,32);2*(H,6,7). The molecule has 6 bridgehead atoms. The van der Waals surface area contributed by atoms with Gasteiger partial charge in [-0.1, -0.05) is 29.8 Å². The van der Waals surface area contributed by atoms with Crippen LogP contribution in [0, 0.1) is 0 Å². The highest BCUT2D eigenvalue weighted by molar-refractivity contribution is 6.32. The minimum atomic E-state index is -5.08. The number of carbonyl (C=O) groups excluding carboxylic acids is 1. The van der Waals surface area contributed by atoms with Crippen LogP contribution >= 0.6 is 11.6 Å². The first-order valence-corrected chi connectivity index (χ1v) is 13.5. The monoisotopic (exact) mass is 684 g/mol. The molecule has 1 aliphatic heterocycles. The molecule has 1 amide bonds. The van der Waals surface area contributed by atoms with E-state index in [-0.39, 0.29) is 12.3 Å². The van der Waals surface area contributed by atoms with Crippen molar-refractivity contribution >= 4 is 58.3 Å². The van der Waals surface area contributed by atoms with Crippen molar-refractivity contribution in [1.29, 1.82) is 0 Å². The third-order valence-electron chi connectivity index (χ3n) is 5.82. The molecule has 0 fully saturated rings. The number of carbonyl (C=O) groups is 3.